The summed E-state index contributed by atoms with van der Waals surface area (Å²) in [6, 6.07) is 14.8. The Morgan fingerprint density at radius 1 is 1.09 bits per heavy atom. The lowest BCUT2D eigenvalue weighted by atomic mass is 9.96. The van der Waals surface area contributed by atoms with E-state index in [0.717, 1.165) is 41.9 Å². The molecule has 3 aromatic rings. The summed E-state index contributed by atoms with van der Waals surface area (Å²) in [4.78, 5) is 0. The molecule has 1 aromatic heterocycles. The van der Waals surface area contributed by atoms with Crippen molar-refractivity contribution in [3.05, 3.63) is 65.4 Å². The van der Waals surface area contributed by atoms with Gasteiger partial charge in [-0.3, -0.25) is 0 Å². The van der Waals surface area contributed by atoms with Gasteiger partial charge in [-0.2, -0.15) is 0 Å². The van der Waals surface area contributed by atoms with Gasteiger partial charge in [-0.05, 0) is 29.5 Å². The third kappa shape index (κ3) is 2.84. The van der Waals surface area contributed by atoms with Gasteiger partial charge in [0, 0.05) is 12.5 Å². The Bertz CT molecular complexity index is 839. The van der Waals surface area contributed by atoms with E-state index in [2.05, 4.69) is 52.7 Å². The Hall–Kier alpha value is -2.62. The van der Waals surface area contributed by atoms with Crippen LogP contribution in [-0.2, 0) is 12.8 Å². The molecule has 0 fully saturated rings. The zero-order valence-corrected chi connectivity index (χ0v) is 13.1. The Kier molecular flexibility index (Phi) is 3.58. The van der Waals surface area contributed by atoms with E-state index in [1.54, 1.807) is 6.92 Å². The number of para-hydroxylation sites is 1. The Labute approximate surface area is 135 Å². The van der Waals surface area contributed by atoms with Crippen molar-refractivity contribution < 1.29 is 9.15 Å². The molecule has 0 bridgehead atoms. The number of ether oxygens (including phenoxy) is 1. The molecule has 4 rings (SSSR count). The van der Waals surface area contributed by atoms with Crippen LogP contribution in [0.25, 0.3) is 11.1 Å². The number of benzene rings is 2. The maximum Gasteiger partial charge on any atom is 0.220 e. The van der Waals surface area contributed by atoms with Gasteiger partial charge in [0.05, 0.1) is 13.0 Å². The van der Waals surface area contributed by atoms with Gasteiger partial charge in [-0.25, -0.2) is 0 Å². The molecule has 23 heavy (non-hydrogen) atoms. The number of hydrogen-bond donors (Lipinski definition) is 0. The van der Waals surface area contributed by atoms with Crippen molar-refractivity contribution in [1.82, 2.24) is 10.2 Å². The van der Waals surface area contributed by atoms with E-state index in [0.29, 0.717) is 18.2 Å². The number of rotatable bonds is 3. The average molecular weight is 306 g/mol. The molecule has 1 aliphatic rings. The lowest BCUT2D eigenvalue weighted by molar-refractivity contribution is 0.289. The van der Waals surface area contributed by atoms with Crippen LogP contribution in [0.15, 0.2) is 46.9 Å². The number of nitrogens with zero attached hydrogens (tertiary/aromatic N) is 2. The van der Waals surface area contributed by atoms with Crippen LogP contribution in [-0.4, -0.2) is 16.8 Å². The quantitative estimate of drug-likeness (QED) is 0.735. The fourth-order valence-electron chi connectivity index (χ4n) is 3.05. The Morgan fingerprint density at radius 3 is 2.87 bits per heavy atom. The molecule has 0 unspecified atom stereocenters. The number of hydrogen-bond acceptors (Lipinski definition) is 4. The molecule has 0 amide bonds. The molecule has 0 saturated heterocycles. The van der Waals surface area contributed by atoms with Gasteiger partial charge in [-0.15, -0.1) is 10.2 Å². The first kappa shape index (κ1) is 14.0. The number of aromatic nitrogens is 2. The summed E-state index contributed by atoms with van der Waals surface area (Å²) in [5.41, 5.74) is 4.77. The van der Waals surface area contributed by atoms with Crippen molar-refractivity contribution in [2.75, 3.05) is 6.61 Å². The zero-order chi connectivity index (χ0) is 15.6. The smallest absolute Gasteiger partial charge is 0.220 e. The van der Waals surface area contributed by atoms with Crippen LogP contribution in [0.4, 0.5) is 0 Å². The van der Waals surface area contributed by atoms with Crippen molar-refractivity contribution in [3.8, 4) is 16.9 Å². The first-order valence-corrected chi connectivity index (χ1v) is 7.92. The highest BCUT2D eigenvalue weighted by Crippen LogP contribution is 2.36. The van der Waals surface area contributed by atoms with Gasteiger partial charge in [0.15, 0.2) is 0 Å². The van der Waals surface area contributed by atoms with Crippen LogP contribution >= 0.6 is 0 Å². The van der Waals surface area contributed by atoms with Crippen molar-refractivity contribution in [3.63, 3.8) is 0 Å². The van der Waals surface area contributed by atoms with Crippen molar-refractivity contribution in [1.29, 1.82) is 0 Å². The van der Waals surface area contributed by atoms with Gasteiger partial charge in [-0.1, -0.05) is 42.5 Å². The average Bonchev–Trinajstić information content (AvgIpc) is 2.99. The number of fused-ring (bicyclic) bond motifs is 1. The summed E-state index contributed by atoms with van der Waals surface area (Å²) in [5.74, 6) is 2.28. The molecule has 0 saturated carbocycles. The van der Waals surface area contributed by atoms with Crippen molar-refractivity contribution in [2.24, 2.45) is 0 Å². The maximum absolute atomic E-state index is 5.93. The molecule has 0 N–H and O–H groups in total. The molecule has 2 heterocycles. The van der Waals surface area contributed by atoms with Gasteiger partial charge >= 0.3 is 0 Å². The molecule has 0 radical (unpaired) electrons. The van der Waals surface area contributed by atoms with Crippen LogP contribution in [0, 0.1) is 6.92 Å². The Balaban J connectivity index is 1.69. The molecule has 116 valence electrons. The summed E-state index contributed by atoms with van der Waals surface area (Å²) in [7, 11) is 0. The van der Waals surface area contributed by atoms with E-state index < -0.39 is 0 Å². The molecule has 2 aromatic carbocycles. The van der Waals surface area contributed by atoms with Crippen LogP contribution in [0.2, 0.25) is 0 Å². The lowest BCUT2D eigenvalue weighted by Crippen LogP contribution is -2.09. The fraction of sp³-hybridized carbons (Fsp3) is 0.263. The Morgan fingerprint density at radius 2 is 2.00 bits per heavy atom. The van der Waals surface area contributed by atoms with Gasteiger partial charge < -0.3 is 9.15 Å². The monoisotopic (exact) mass is 306 g/mol. The van der Waals surface area contributed by atoms with E-state index in [1.165, 1.54) is 5.56 Å². The summed E-state index contributed by atoms with van der Waals surface area (Å²) in [6.07, 6.45) is 2.82. The fourth-order valence-corrected chi connectivity index (χ4v) is 3.05. The van der Waals surface area contributed by atoms with E-state index in [-0.39, 0.29) is 0 Å². The molecule has 0 atom stereocenters. The topological polar surface area (TPSA) is 48.2 Å². The van der Waals surface area contributed by atoms with Gasteiger partial charge in [0.2, 0.25) is 11.8 Å². The minimum Gasteiger partial charge on any atom is -0.493 e. The maximum atomic E-state index is 5.93. The van der Waals surface area contributed by atoms with E-state index in [1.807, 2.05) is 0 Å². The molecule has 0 aliphatic carbocycles. The highest BCUT2D eigenvalue weighted by molar-refractivity contribution is 5.73. The van der Waals surface area contributed by atoms with Crippen LogP contribution in [0.3, 0.4) is 0 Å². The predicted octanol–water partition coefficient (Wildman–Crippen LogP) is 3.96. The molecule has 1 aliphatic heterocycles. The third-order valence-electron chi connectivity index (χ3n) is 4.09. The summed E-state index contributed by atoms with van der Waals surface area (Å²) < 4.78 is 11.4. The SMILES string of the molecule is Cc1nnc(Cc2cccc(-c3cccc4c3OCCC4)c2)o1. The first-order valence-electron chi connectivity index (χ1n) is 7.92. The highest BCUT2D eigenvalue weighted by atomic mass is 16.5. The zero-order valence-electron chi connectivity index (χ0n) is 13.1. The lowest BCUT2D eigenvalue weighted by Gasteiger charge is -2.20. The van der Waals surface area contributed by atoms with E-state index >= 15 is 0 Å². The van der Waals surface area contributed by atoms with Crippen molar-refractivity contribution in [2.45, 2.75) is 26.2 Å². The summed E-state index contributed by atoms with van der Waals surface area (Å²) in [6.45, 7) is 2.60. The van der Waals surface area contributed by atoms with Gasteiger partial charge in [0.1, 0.15) is 5.75 Å². The van der Waals surface area contributed by atoms with Crippen LogP contribution in [0.1, 0.15) is 29.3 Å². The second-order valence-electron chi connectivity index (χ2n) is 5.84. The van der Waals surface area contributed by atoms with Crippen molar-refractivity contribution >= 4 is 0 Å². The predicted molar refractivity (Wildman–Crippen MR) is 87.5 cm³/mol. The molecular weight excluding hydrogens is 288 g/mol. The minimum atomic E-state index is 0.599. The third-order valence-corrected chi connectivity index (χ3v) is 4.09. The standard InChI is InChI=1S/C19H18N2O2/c1-13-20-21-18(23-13)12-14-5-2-7-16(11-14)17-9-3-6-15-8-4-10-22-19(15)17/h2-3,5-7,9,11H,4,8,10,12H2,1H3. The molecule has 4 nitrogen and oxygen atoms in total. The van der Waals surface area contributed by atoms with Gasteiger partial charge in [0.25, 0.3) is 0 Å². The largest absolute Gasteiger partial charge is 0.493 e. The molecule has 0 spiro atoms. The van der Waals surface area contributed by atoms with E-state index in [4.69, 9.17) is 9.15 Å². The minimum absolute atomic E-state index is 0.599. The van der Waals surface area contributed by atoms with Crippen LogP contribution in [0.5, 0.6) is 5.75 Å². The number of aryl methyl sites for hydroxylation is 2. The summed E-state index contributed by atoms with van der Waals surface area (Å²) in [5, 5.41) is 7.96. The molecule has 4 heteroatoms. The summed E-state index contributed by atoms with van der Waals surface area (Å²) >= 11 is 0. The second-order valence-corrected chi connectivity index (χ2v) is 5.84. The first-order chi connectivity index (χ1) is 11.3. The molecular formula is C19H18N2O2. The van der Waals surface area contributed by atoms with E-state index in [9.17, 15) is 0 Å². The van der Waals surface area contributed by atoms with Crippen LogP contribution < -0.4 is 4.74 Å². The highest BCUT2D eigenvalue weighted by Gasteiger charge is 2.15. The second kappa shape index (κ2) is 5.88. The normalized spacial score (nSPS) is 13.4.